The molecule has 0 spiro atoms. The fourth-order valence-corrected chi connectivity index (χ4v) is 3.46. The molecule has 3 heterocycles. The summed E-state index contributed by atoms with van der Waals surface area (Å²) >= 11 is 0. The molecule has 0 saturated carbocycles. The third-order valence-electron chi connectivity index (χ3n) is 3.26. The Morgan fingerprint density at radius 3 is 2.81 bits per heavy atom. The van der Waals surface area contributed by atoms with Gasteiger partial charge in [-0.2, -0.15) is 0 Å². The van der Waals surface area contributed by atoms with Crippen molar-refractivity contribution in [3.63, 3.8) is 0 Å². The van der Waals surface area contributed by atoms with E-state index in [2.05, 4.69) is 20.0 Å². The van der Waals surface area contributed by atoms with Crippen molar-refractivity contribution in [1.82, 2.24) is 25.0 Å². The molecule has 1 fully saturated rings. The van der Waals surface area contributed by atoms with Crippen LogP contribution >= 0.6 is 0 Å². The molecule has 4 N–H and O–H groups in total. The molecule has 9 nitrogen and oxygen atoms in total. The lowest BCUT2D eigenvalue weighted by atomic mass is 10.3. The van der Waals surface area contributed by atoms with Crippen LogP contribution in [0.15, 0.2) is 26.7 Å². The first-order chi connectivity index (χ1) is 9.95. The van der Waals surface area contributed by atoms with Gasteiger partial charge in [0.15, 0.2) is 0 Å². The normalized spacial score (nSPS) is 19.1. The predicted molar refractivity (Wildman–Crippen MR) is 74.6 cm³/mol. The Balaban J connectivity index is 2.04. The summed E-state index contributed by atoms with van der Waals surface area (Å²) in [4.78, 5) is 30.9. The van der Waals surface area contributed by atoms with E-state index in [0.29, 0.717) is 13.0 Å². The summed E-state index contributed by atoms with van der Waals surface area (Å²) in [5, 5.41) is 3.07. The van der Waals surface area contributed by atoms with E-state index >= 15 is 0 Å². The maximum atomic E-state index is 12.2. The van der Waals surface area contributed by atoms with Gasteiger partial charge in [-0.25, -0.2) is 22.9 Å². The number of aromatic nitrogens is 3. The Labute approximate surface area is 118 Å². The molecule has 112 valence electrons. The van der Waals surface area contributed by atoms with Crippen molar-refractivity contribution in [1.29, 1.82) is 0 Å². The molecular weight excluding hydrogens is 298 g/mol. The van der Waals surface area contributed by atoms with Crippen LogP contribution in [0.2, 0.25) is 0 Å². The summed E-state index contributed by atoms with van der Waals surface area (Å²) in [6.07, 6.45) is 1.82. The number of H-pyrrole nitrogens is 2. The first-order valence-electron chi connectivity index (χ1n) is 6.31. The van der Waals surface area contributed by atoms with Crippen LogP contribution in [0.3, 0.4) is 0 Å². The average molecular weight is 311 g/mol. The number of aromatic amines is 2. The van der Waals surface area contributed by atoms with Gasteiger partial charge in [0, 0.05) is 18.8 Å². The molecule has 1 atom stereocenters. The number of pyridine rings is 1. The molecule has 0 bridgehead atoms. The van der Waals surface area contributed by atoms with E-state index in [4.69, 9.17) is 0 Å². The topological polar surface area (TPSA) is 137 Å². The number of rotatable bonds is 3. The minimum atomic E-state index is -3.76. The first kappa shape index (κ1) is 13.9. The van der Waals surface area contributed by atoms with Gasteiger partial charge in [-0.3, -0.25) is 14.8 Å². The fraction of sp³-hybridized carbons (Fsp3) is 0.364. The van der Waals surface area contributed by atoms with Crippen molar-refractivity contribution in [3.05, 3.63) is 33.1 Å². The van der Waals surface area contributed by atoms with Gasteiger partial charge in [0.05, 0.1) is 5.39 Å². The molecule has 21 heavy (non-hydrogen) atoms. The molecule has 1 aliphatic heterocycles. The van der Waals surface area contributed by atoms with Gasteiger partial charge < -0.3 is 5.32 Å². The maximum Gasteiger partial charge on any atom is 0.327 e. The van der Waals surface area contributed by atoms with Crippen LogP contribution in [0.25, 0.3) is 11.0 Å². The summed E-state index contributed by atoms with van der Waals surface area (Å²) in [6.45, 7) is 1.32. The molecule has 0 aromatic carbocycles. The van der Waals surface area contributed by atoms with E-state index in [1.165, 1.54) is 6.07 Å². The molecule has 3 rings (SSSR count). The van der Waals surface area contributed by atoms with Crippen molar-refractivity contribution in [2.45, 2.75) is 17.4 Å². The van der Waals surface area contributed by atoms with E-state index in [0.717, 1.165) is 12.7 Å². The summed E-state index contributed by atoms with van der Waals surface area (Å²) in [5.74, 6) is 0. The number of sulfonamides is 1. The molecule has 2 aromatic heterocycles. The van der Waals surface area contributed by atoms with E-state index in [1.54, 1.807) is 0 Å². The Kier molecular flexibility index (Phi) is 3.35. The van der Waals surface area contributed by atoms with E-state index < -0.39 is 21.3 Å². The summed E-state index contributed by atoms with van der Waals surface area (Å²) in [7, 11) is -3.76. The largest absolute Gasteiger partial charge is 0.327 e. The summed E-state index contributed by atoms with van der Waals surface area (Å²) in [5.41, 5.74) is -1.32. The molecule has 0 amide bonds. The van der Waals surface area contributed by atoms with E-state index in [9.17, 15) is 18.0 Å². The van der Waals surface area contributed by atoms with Gasteiger partial charge in [-0.05, 0) is 19.0 Å². The Morgan fingerprint density at radius 1 is 1.29 bits per heavy atom. The van der Waals surface area contributed by atoms with Crippen LogP contribution in [0, 0.1) is 0 Å². The molecule has 10 heteroatoms. The molecular formula is C11H13N5O4S. The van der Waals surface area contributed by atoms with Gasteiger partial charge in [0.2, 0.25) is 10.0 Å². The van der Waals surface area contributed by atoms with Gasteiger partial charge in [-0.15, -0.1) is 0 Å². The molecule has 0 radical (unpaired) electrons. The fourth-order valence-electron chi connectivity index (χ4n) is 2.22. The van der Waals surface area contributed by atoms with Gasteiger partial charge in [-0.1, -0.05) is 0 Å². The molecule has 2 aromatic rings. The Morgan fingerprint density at radius 2 is 2.10 bits per heavy atom. The zero-order valence-electron chi connectivity index (χ0n) is 10.8. The second kappa shape index (κ2) is 5.06. The second-order valence-electron chi connectivity index (χ2n) is 4.79. The highest BCUT2D eigenvalue weighted by Gasteiger charge is 2.23. The van der Waals surface area contributed by atoms with E-state index in [-0.39, 0.29) is 22.0 Å². The lowest BCUT2D eigenvalue weighted by Crippen LogP contribution is -2.36. The Hall–Kier alpha value is -2.04. The van der Waals surface area contributed by atoms with Crippen molar-refractivity contribution in [2.75, 3.05) is 13.1 Å². The monoisotopic (exact) mass is 311 g/mol. The van der Waals surface area contributed by atoms with Crippen molar-refractivity contribution < 1.29 is 8.42 Å². The first-order valence-corrected chi connectivity index (χ1v) is 7.79. The highest BCUT2D eigenvalue weighted by molar-refractivity contribution is 7.89. The Bertz CT molecular complexity index is 895. The van der Waals surface area contributed by atoms with Crippen LogP contribution in [0.4, 0.5) is 0 Å². The van der Waals surface area contributed by atoms with Gasteiger partial charge in [0.25, 0.3) is 5.56 Å². The quantitative estimate of drug-likeness (QED) is 0.530. The van der Waals surface area contributed by atoms with Crippen LogP contribution < -0.4 is 21.3 Å². The summed E-state index contributed by atoms with van der Waals surface area (Å²) < 4.78 is 27.0. The molecule has 0 aliphatic carbocycles. The van der Waals surface area contributed by atoms with Gasteiger partial charge >= 0.3 is 5.69 Å². The standard InChI is InChI=1S/C11H13N5O4S/c17-10-8-3-7(5-13-9(8)14-11(18)15-10)21(19,20)16-6-1-2-12-4-6/h3,5-6,12,16H,1-2,4H2,(H2,13,14,15,17,18). The highest BCUT2D eigenvalue weighted by atomic mass is 32.2. The predicted octanol–water partition coefficient (Wildman–Crippen LogP) is -1.75. The number of hydrogen-bond donors (Lipinski definition) is 4. The number of nitrogens with zero attached hydrogens (tertiary/aromatic N) is 1. The minimum absolute atomic E-state index is 0.0158. The van der Waals surface area contributed by atoms with E-state index in [1.807, 2.05) is 4.98 Å². The van der Waals surface area contributed by atoms with Crippen LogP contribution in [-0.2, 0) is 10.0 Å². The minimum Gasteiger partial charge on any atom is -0.315 e. The molecule has 1 saturated heterocycles. The van der Waals surface area contributed by atoms with Gasteiger partial charge in [0.1, 0.15) is 10.5 Å². The SMILES string of the molecule is O=c1[nH]c(=O)c2cc(S(=O)(=O)NC3CCNC3)cnc2[nH]1. The lowest BCUT2D eigenvalue weighted by molar-refractivity contribution is 0.560. The summed E-state index contributed by atoms with van der Waals surface area (Å²) in [6, 6.07) is 1.02. The highest BCUT2D eigenvalue weighted by Crippen LogP contribution is 2.13. The zero-order valence-corrected chi connectivity index (χ0v) is 11.7. The maximum absolute atomic E-state index is 12.2. The molecule has 1 unspecified atom stereocenters. The lowest BCUT2D eigenvalue weighted by Gasteiger charge is -2.11. The number of hydrogen-bond acceptors (Lipinski definition) is 6. The average Bonchev–Trinajstić information content (AvgIpc) is 2.90. The number of fused-ring (bicyclic) bond motifs is 1. The molecule has 1 aliphatic rings. The zero-order chi connectivity index (χ0) is 15.0. The van der Waals surface area contributed by atoms with Crippen LogP contribution in [0.1, 0.15) is 6.42 Å². The number of nitrogens with one attached hydrogen (secondary N) is 4. The van der Waals surface area contributed by atoms with Crippen molar-refractivity contribution in [2.24, 2.45) is 0 Å². The van der Waals surface area contributed by atoms with Crippen LogP contribution in [0.5, 0.6) is 0 Å². The second-order valence-corrected chi connectivity index (χ2v) is 6.50. The third kappa shape index (κ3) is 2.73. The third-order valence-corrected chi connectivity index (χ3v) is 4.75. The van der Waals surface area contributed by atoms with Crippen LogP contribution in [-0.4, -0.2) is 42.5 Å². The smallest absolute Gasteiger partial charge is 0.315 e. The van der Waals surface area contributed by atoms with Crippen molar-refractivity contribution >= 4 is 21.1 Å². The van der Waals surface area contributed by atoms with Crippen molar-refractivity contribution in [3.8, 4) is 0 Å².